The Morgan fingerprint density at radius 3 is 2.89 bits per heavy atom. The number of carboxylic acids is 1. The number of hydrogen-bond acceptors (Lipinski definition) is 4. The summed E-state index contributed by atoms with van der Waals surface area (Å²) in [5.74, 6) is -0.681. The predicted molar refractivity (Wildman–Crippen MR) is 75.0 cm³/mol. The third kappa shape index (κ3) is 3.14. The molecule has 2 aromatic rings. The molecule has 1 aromatic carbocycles. The second-order valence-electron chi connectivity index (χ2n) is 3.46. The minimum Gasteiger partial charge on any atom is -0.476 e. The van der Waals surface area contributed by atoms with Gasteiger partial charge in [0.25, 0.3) is 0 Å². The number of nitrogens with one attached hydrogen (secondary N) is 1. The lowest BCUT2D eigenvalue weighted by atomic mass is 10.3. The Bertz CT molecular complexity index is 585. The van der Waals surface area contributed by atoms with Gasteiger partial charge in [-0.15, -0.1) is 0 Å². The number of carbonyl (C=O) groups is 1. The van der Waals surface area contributed by atoms with E-state index in [1.807, 2.05) is 18.2 Å². The molecule has 1 aromatic heterocycles. The number of benzene rings is 1. The molecule has 5 nitrogen and oxygen atoms in total. The van der Waals surface area contributed by atoms with Gasteiger partial charge >= 0.3 is 5.97 Å². The van der Waals surface area contributed by atoms with Crippen LogP contribution in [0.1, 0.15) is 16.2 Å². The number of anilines is 1. The summed E-state index contributed by atoms with van der Waals surface area (Å²) in [4.78, 5) is 10.6. The van der Waals surface area contributed by atoms with Gasteiger partial charge in [0.15, 0.2) is 11.5 Å². The van der Waals surface area contributed by atoms with Crippen LogP contribution < -0.4 is 5.32 Å². The molecular weight excluding hydrogens is 370 g/mol. The molecule has 2 rings (SSSR count). The fourth-order valence-electron chi connectivity index (χ4n) is 1.31. The average Bonchev–Trinajstić information content (AvgIpc) is 2.76. The number of aromatic carboxylic acids is 1. The van der Waals surface area contributed by atoms with E-state index in [4.69, 9.17) is 21.2 Å². The molecule has 0 aliphatic heterocycles. The molecule has 0 aliphatic rings. The Hall–Kier alpha value is -1.28. The molecule has 0 saturated carbocycles. The Kier molecular flexibility index (Phi) is 4.07. The van der Waals surface area contributed by atoms with E-state index in [1.54, 1.807) is 0 Å². The van der Waals surface area contributed by atoms with E-state index in [0.717, 1.165) is 9.26 Å². The second kappa shape index (κ2) is 5.57. The average molecular weight is 379 g/mol. The summed E-state index contributed by atoms with van der Waals surface area (Å²) in [6.07, 6.45) is 0. The first-order chi connectivity index (χ1) is 8.56. The van der Waals surface area contributed by atoms with E-state index < -0.39 is 5.97 Å². The molecule has 94 valence electrons. The molecule has 0 bridgehead atoms. The Morgan fingerprint density at radius 2 is 2.28 bits per heavy atom. The van der Waals surface area contributed by atoms with Gasteiger partial charge in [0, 0.05) is 9.64 Å². The summed E-state index contributed by atoms with van der Waals surface area (Å²) >= 11 is 8.21. The van der Waals surface area contributed by atoms with E-state index in [0.29, 0.717) is 17.3 Å². The number of hydrogen-bond donors (Lipinski definition) is 2. The normalized spacial score (nSPS) is 10.3. The zero-order valence-electron chi connectivity index (χ0n) is 8.98. The highest BCUT2D eigenvalue weighted by Gasteiger charge is 2.10. The molecular formula is C11H8ClIN2O3. The zero-order valence-corrected chi connectivity index (χ0v) is 11.9. The van der Waals surface area contributed by atoms with Crippen molar-refractivity contribution in [2.24, 2.45) is 0 Å². The molecule has 1 heterocycles. The van der Waals surface area contributed by atoms with Crippen LogP contribution in [0.25, 0.3) is 0 Å². The lowest BCUT2D eigenvalue weighted by Gasteiger charge is -2.06. The highest BCUT2D eigenvalue weighted by molar-refractivity contribution is 14.1. The third-order valence-electron chi connectivity index (χ3n) is 2.16. The molecule has 18 heavy (non-hydrogen) atoms. The summed E-state index contributed by atoms with van der Waals surface area (Å²) in [5.41, 5.74) is 0.644. The smallest absolute Gasteiger partial charge is 0.358 e. The minimum absolute atomic E-state index is 0.111. The first-order valence-corrected chi connectivity index (χ1v) is 6.40. The zero-order chi connectivity index (χ0) is 13.1. The van der Waals surface area contributed by atoms with Crippen molar-refractivity contribution in [1.29, 1.82) is 0 Å². The van der Waals surface area contributed by atoms with Crippen molar-refractivity contribution in [2.45, 2.75) is 6.54 Å². The van der Waals surface area contributed by atoms with Crippen molar-refractivity contribution < 1.29 is 14.4 Å². The van der Waals surface area contributed by atoms with Crippen LogP contribution in [-0.2, 0) is 6.54 Å². The molecule has 0 saturated heterocycles. The SMILES string of the molecule is O=C(O)c1cc(CNc2ccc(I)cc2Cl)on1. The topological polar surface area (TPSA) is 75.4 Å². The molecule has 0 radical (unpaired) electrons. The molecule has 0 fully saturated rings. The highest BCUT2D eigenvalue weighted by Crippen LogP contribution is 2.24. The van der Waals surface area contributed by atoms with Gasteiger partial charge in [-0.05, 0) is 40.8 Å². The lowest BCUT2D eigenvalue weighted by molar-refractivity contribution is 0.0685. The van der Waals surface area contributed by atoms with Crippen LogP contribution in [0.15, 0.2) is 28.8 Å². The summed E-state index contributed by atoms with van der Waals surface area (Å²) < 4.78 is 5.91. The highest BCUT2D eigenvalue weighted by atomic mass is 127. The molecule has 0 spiro atoms. The van der Waals surface area contributed by atoms with Crippen molar-refractivity contribution in [2.75, 3.05) is 5.32 Å². The summed E-state index contributed by atoms with van der Waals surface area (Å²) in [5, 5.41) is 15.8. The van der Waals surface area contributed by atoms with Crippen LogP contribution in [0, 0.1) is 3.57 Å². The maximum atomic E-state index is 10.6. The van der Waals surface area contributed by atoms with Crippen LogP contribution in [0.3, 0.4) is 0 Å². The van der Waals surface area contributed by atoms with Gasteiger partial charge in [0.2, 0.25) is 0 Å². The standard InChI is InChI=1S/C11H8ClIN2O3/c12-8-3-6(13)1-2-9(8)14-5-7-4-10(11(16)17)15-18-7/h1-4,14H,5H2,(H,16,17). The predicted octanol–water partition coefficient (Wildman–Crippen LogP) is 3.24. The van der Waals surface area contributed by atoms with E-state index in [1.165, 1.54) is 6.07 Å². The fraction of sp³-hybridized carbons (Fsp3) is 0.0909. The van der Waals surface area contributed by atoms with Crippen molar-refractivity contribution in [1.82, 2.24) is 5.16 Å². The molecule has 0 atom stereocenters. The van der Waals surface area contributed by atoms with Crippen LogP contribution in [0.4, 0.5) is 5.69 Å². The van der Waals surface area contributed by atoms with E-state index >= 15 is 0 Å². The van der Waals surface area contributed by atoms with Crippen molar-refractivity contribution >= 4 is 45.8 Å². The second-order valence-corrected chi connectivity index (χ2v) is 5.11. The van der Waals surface area contributed by atoms with Gasteiger partial charge in [0.1, 0.15) is 0 Å². The third-order valence-corrected chi connectivity index (χ3v) is 3.15. The van der Waals surface area contributed by atoms with Gasteiger partial charge in [-0.25, -0.2) is 4.79 Å². The first-order valence-electron chi connectivity index (χ1n) is 4.94. The van der Waals surface area contributed by atoms with Crippen molar-refractivity contribution in [3.63, 3.8) is 0 Å². The molecule has 2 N–H and O–H groups in total. The fourth-order valence-corrected chi connectivity index (χ4v) is 2.23. The van der Waals surface area contributed by atoms with Crippen LogP contribution >= 0.6 is 34.2 Å². The van der Waals surface area contributed by atoms with Crippen LogP contribution in [-0.4, -0.2) is 16.2 Å². The Labute approximate surface area is 121 Å². The summed E-state index contributed by atoms with van der Waals surface area (Å²) in [6.45, 7) is 0.320. The quantitative estimate of drug-likeness (QED) is 0.799. The monoisotopic (exact) mass is 378 g/mol. The van der Waals surface area contributed by atoms with E-state index in [-0.39, 0.29) is 5.69 Å². The molecule has 7 heteroatoms. The maximum Gasteiger partial charge on any atom is 0.358 e. The number of aromatic nitrogens is 1. The number of carboxylic acid groups (broad SMARTS) is 1. The van der Waals surface area contributed by atoms with E-state index in [2.05, 4.69) is 33.1 Å². The van der Waals surface area contributed by atoms with Crippen LogP contribution in [0.2, 0.25) is 5.02 Å². The van der Waals surface area contributed by atoms with Crippen molar-refractivity contribution in [3.8, 4) is 0 Å². The minimum atomic E-state index is -1.11. The lowest BCUT2D eigenvalue weighted by Crippen LogP contribution is -1.99. The number of rotatable bonds is 4. The molecule has 0 aliphatic carbocycles. The van der Waals surface area contributed by atoms with E-state index in [9.17, 15) is 4.79 Å². The summed E-state index contributed by atoms with van der Waals surface area (Å²) in [7, 11) is 0. The molecule has 0 amide bonds. The number of nitrogens with zero attached hydrogens (tertiary/aromatic N) is 1. The Morgan fingerprint density at radius 1 is 1.50 bits per heavy atom. The number of halogens is 2. The molecule has 0 unspecified atom stereocenters. The van der Waals surface area contributed by atoms with Gasteiger partial charge in [-0.2, -0.15) is 0 Å². The van der Waals surface area contributed by atoms with Crippen molar-refractivity contribution in [3.05, 3.63) is 44.3 Å². The maximum absolute atomic E-state index is 10.6. The largest absolute Gasteiger partial charge is 0.476 e. The summed E-state index contributed by atoms with van der Waals surface area (Å²) in [6, 6.07) is 6.96. The van der Waals surface area contributed by atoms with Gasteiger partial charge in [-0.3, -0.25) is 0 Å². The van der Waals surface area contributed by atoms with Gasteiger partial charge in [0.05, 0.1) is 17.3 Å². The first kappa shape index (κ1) is 13.2. The Balaban J connectivity index is 2.04. The van der Waals surface area contributed by atoms with Crippen LogP contribution in [0.5, 0.6) is 0 Å². The van der Waals surface area contributed by atoms with Gasteiger partial charge < -0.3 is 14.9 Å². The van der Waals surface area contributed by atoms with Gasteiger partial charge in [-0.1, -0.05) is 16.8 Å².